The SMILES string of the molecule is N.OP.[O]=[V]=[O]. The standard InChI is InChI=1S/H3N.H3OP.2O.V/c;1-2;;;/h1H3;1H,2H2;;;. The van der Waals surface area contributed by atoms with E-state index in [2.05, 4.69) is 0 Å². The second-order valence-corrected chi connectivity index (χ2v) is 0.307. The van der Waals surface area contributed by atoms with Crippen molar-refractivity contribution in [3.63, 3.8) is 0 Å². The molecule has 1 atom stereocenters. The van der Waals surface area contributed by atoms with E-state index in [1.165, 1.54) is 9.47 Å². The van der Waals surface area contributed by atoms with Gasteiger partial charge in [-0.15, -0.1) is 0 Å². The van der Waals surface area contributed by atoms with E-state index in [1.54, 1.807) is 0 Å². The van der Waals surface area contributed by atoms with E-state index in [0.717, 1.165) is 0 Å². The summed E-state index contributed by atoms with van der Waals surface area (Å²) >= 11 is -1.81. The summed E-state index contributed by atoms with van der Waals surface area (Å²) in [6, 6.07) is 0. The molecule has 0 heterocycles. The van der Waals surface area contributed by atoms with Gasteiger partial charge in [0, 0.05) is 0 Å². The van der Waals surface area contributed by atoms with E-state index in [1.807, 2.05) is 0 Å². The van der Waals surface area contributed by atoms with Crippen LogP contribution in [0.1, 0.15) is 0 Å². The molecule has 0 saturated heterocycles. The molecule has 4 nitrogen and oxygen atoms in total. The van der Waals surface area contributed by atoms with Crippen LogP contribution in [0.25, 0.3) is 0 Å². The van der Waals surface area contributed by atoms with E-state index in [0.29, 0.717) is 0 Å². The molecule has 1 unspecified atom stereocenters. The Morgan fingerprint density at radius 3 is 1.33 bits per heavy atom. The van der Waals surface area contributed by atoms with E-state index in [-0.39, 0.29) is 6.15 Å². The second-order valence-electron chi connectivity index (χ2n) is 0.0745. The number of hydrogen-bond acceptors (Lipinski definition) is 4. The molecular formula is H6NO3PV. The van der Waals surface area contributed by atoms with Gasteiger partial charge in [-0.1, -0.05) is 0 Å². The predicted molar refractivity (Wildman–Crippen MR) is 18.3 cm³/mol. The molecule has 0 aromatic heterocycles. The second kappa shape index (κ2) is 48.3. The van der Waals surface area contributed by atoms with Crippen molar-refractivity contribution in [2.24, 2.45) is 0 Å². The summed E-state index contributed by atoms with van der Waals surface area (Å²) in [6.07, 6.45) is 0. The molecule has 0 spiro atoms. The summed E-state index contributed by atoms with van der Waals surface area (Å²) < 4.78 is 16.9. The molecule has 0 radical (unpaired) electrons. The average Bonchev–Trinajstić information content (AvgIpc) is 1.46. The Kier molecular flexibility index (Phi) is 129. The summed E-state index contributed by atoms with van der Waals surface area (Å²) in [5, 5.41) is 0. The van der Waals surface area contributed by atoms with Gasteiger partial charge in [0.25, 0.3) is 0 Å². The quantitative estimate of drug-likeness (QED) is 0.463. The molecule has 0 aromatic rings. The van der Waals surface area contributed by atoms with Gasteiger partial charge in [0.2, 0.25) is 0 Å². The molecule has 4 N–H and O–H groups in total. The fourth-order valence-corrected chi connectivity index (χ4v) is 0. The van der Waals surface area contributed by atoms with Gasteiger partial charge < -0.3 is 11.0 Å². The van der Waals surface area contributed by atoms with Gasteiger partial charge in [-0.2, -0.15) is 0 Å². The molecule has 0 bridgehead atoms. The first-order chi connectivity index (χ1) is 2.41. The normalized spacial score (nSPS) is 2.33. The first kappa shape index (κ1) is 16.0. The first-order valence-electron chi connectivity index (χ1n) is 0.623. The Balaban J connectivity index is -0.0000000275. The van der Waals surface area contributed by atoms with Crippen molar-refractivity contribution in [2.45, 2.75) is 0 Å². The summed E-state index contributed by atoms with van der Waals surface area (Å²) in [7, 11) is 1.42. The third-order valence-electron chi connectivity index (χ3n) is 0. The molecule has 0 amide bonds. The van der Waals surface area contributed by atoms with Crippen LogP contribution in [0.3, 0.4) is 0 Å². The number of hydrogen-bond donors (Lipinski definition) is 2. The Hall–Kier alpha value is 0.534. The van der Waals surface area contributed by atoms with Gasteiger partial charge in [-0.05, 0) is 9.47 Å². The first-order valence-corrected chi connectivity index (χ1v) is 2.28. The third-order valence-corrected chi connectivity index (χ3v) is 0. The van der Waals surface area contributed by atoms with Crippen LogP contribution in [0.15, 0.2) is 0 Å². The fourth-order valence-electron chi connectivity index (χ4n) is 0. The Labute approximate surface area is 44.7 Å². The molecular weight excluding hydrogens is 144 g/mol. The third kappa shape index (κ3) is 198. The zero-order valence-corrected chi connectivity index (χ0v) is 5.55. The van der Waals surface area contributed by atoms with Gasteiger partial charge in [0.1, 0.15) is 0 Å². The molecule has 6 heteroatoms. The van der Waals surface area contributed by atoms with Crippen LogP contribution in [-0.2, 0) is 23.5 Å². The van der Waals surface area contributed by atoms with Gasteiger partial charge in [-0.25, -0.2) is 0 Å². The zero-order chi connectivity index (χ0) is 4.71. The monoisotopic (exact) mass is 150 g/mol. The van der Waals surface area contributed by atoms with Gasteiger partial charge in [0.05, 0.1) is 0 Å². The molecule has 0 aromatic carbocycles. The summed E-state index contributed by atoms with van der Waals surface area (Å²) in [5.41, 5.74) is 0. The average molecular weight is 150 g/mol. The van der Waals surface area contributed by atoms with Crippen molar-refractivity contribution in [3.8, 4) is 0 Å². The van der Waals surface area contributed by atoms with Crippen LogP contribution in [0, 0.1) is 0 Å². The van der Waals surface area contributed by atoms with Gasteiger partial charge in [0.15, 0.2) is 0 Å². The van der Waals surface area contributed by atoms with Crippen molar-refractivity contribution in [2.75, 3.05) is 0 Å². The molecule has 0 rings (SSSR count). The van der Waals surface area contributed by atoms with Crippen molar-refractivity contribution in [1.82, 2.24) is 6.15 Å². The minimum absolute atomic E-state index is 0. The van der Waals surface area contributed by atoms with Crippen LogP contribution in [-0.4, -0.2) is 4.89 Å². The molecule has 0 aliphatic carbocycles. The topological polar surface area (TPSA) is 89.4 Å². The Bertz CT molecular complexity index is 31.8. The van der Waals surface area contributed by atoms with Crippen LogP contribution >= 0.6 is 9.47 Å². The Morgan fingerprint density at radius 2 is 1.33 bits per heavy atom. The maximum absolute atomic E-state index is 8.47. The summed E-state index contributed by atoms with van der Waals surface area (Å²) in [6.45, 7) is 0. The van der Waals surface area contributed by atoms with E-state index in [9.17, 15) is 0 Å². The van der Waals surface area contributed by atoms with Crippen molar-refractivity contribution >= 4 is 9.47 Å². The molecule has 0 aliphatic heterocycles. The predicted octanol–water partition coefficient (Wildman–Crippen LogP) is -0.309. The van der Waals surface area contributed by atoms with E-state index < -0.39 is 16.2 Å². The zero-order valence-electron chi connectivity index (χ0n) is 3.00. The Morgan fingerprint density at radius 1 is 1.33 bits per heavy atom. The summed E-state index contributed by atoms with van der Waals surface area (Å²) in [5.74, 6) is 0. The van der Waals surface area contributed by atoms with E-state index >= 15 is 0 Å². The molecule has 0 saturated carbocycles. The van der Waals surface area contributed by atoms with E-state index in [4.69, 9.17) is 12.2 Å². The summed E-state index contributed by atoms with van der Waals surface area (Å²) in [4.78, 5) is 6.92. The van der Waals surface area contributed by atoms with Crippen LogP contribution in [0.2, 0.25) is 0 Å². The molecule has 6 heavy (non-hydrogen) atoms. The van der Waals surface area contributed by atoms with Crippen molar-refractivity contribution < 1.29 is 28.4 Å². The van der Waals surface area contributed by atoms with Crippen molar-refractivity contribution in [3.05, 3.63) is 0 Å². The van der Waals surface area contributed by atoms with Crippen LogP contribution in [0.4, 0.5) is 0 Å². The molecule has 0 fully saturated rings. The van der Waals surface area contributed by atoms with Gasteiger partial charge in [-0.3, -0.25) is 0 Å². The fraction of sp³-hybridized carbons (Fsp3) is 0. The molecule has 0 aliphatic rings. The number of rotatable bonds is 0. The van der Waals surface area contributed by atoms with Crippen molar-refractivity contribution in [1.29, 1.82) is 0 Å². The van der Waals surface area contributed by atoms with Crippen LogP contribution in [0.5, 0.6) is 0 Å². The maximum atomic E-state index is 8.47. The van der Waals surface area contributed by atoms with Crippen LogP contribution < -0.4 is 6.15 Å². The van der Waals surface area contributed by atoms with Gasteiger partial charge >= 0.3 is 23.5 Å². The molecule has 39 valence electrons. The minimum atomic E-state index is -1.81.